The van der Waals surface area contributed by atoms with Gasteiger partial charge in [0.1, 0.15) is 28.7 Å². The molecule has 5 rings (SSSR count). The van der Waals surface area contributed by atoms with E-state index in [-0.39, 0.29) is 29.3 Å². The largest absolute Gasteiger partial charge is 0.510 e. The Morgan fingerprint density at radius 2 is 1.86 bits per heavy atom. The van der Waals surface area contributed by atoms with E-state index in [4.69, 9.17) is 11.5 Å². The van der Waals surface area contributed by atoms with E-state index in [9.17, 15) is 43.6 Å². The highest BCUT2D eigenvalue weighted by Crippen LogP contribution is 2.54. The number of phenols is 1. The van der Waals surface area contributed by atoms with Gasteiger partial charge >= 0.3 is 0 Å². The van der Waals surface area contributed by atoms with Gasteiger partial charge in [0.15, 0.2) is 5.78 Å². The predicted molar refractivity (Wildman–Crippen MR) is 142 cm³/mol. The summed E-state index contributed by atoms with van der Waals surface area (Å²) < 4.78 is 41.0. The number of carbonyl (C=O) groups is 3. The molecule has 42 heavy (non-hydrogen) atoms. The summed E-state index contributed by atoms with van der Waals surface area (Å²) >= 11 is 0. The Morgan fingerprint density at radius 3 is 2.45 bits per heavy atom. The van der Waals surface area contributed by atoms with E-state index in [0.29, 0.717) is 5.56 Å². The highest BCUT2D eigenvalue weighted by Gasteiger charge is 2.70. The molecular formula is C28H29F3N4O7. The number of hydrogen-bond acceptors (Lipinski definition) is 10. The van der Waals surface area contributed by atoms with E-state index >= 15 is 4.39 Å². The van der Waals surface area contributed by atoms with Crippen molar-refractivity contribution in [2.75, 3.05) is 20.6 Å². The van der Waals surface area contributed by atoms with Crippen LogP contribution in [-0.4, -0.2) is 87.0 Å². The summed E-state index contributed by atoms with van der Waals surface area (Å²) in [5.74, 6) is -8.56. The average molecular weight is 591 g/mol. The lowest BCUT2D eigenvalue weighted by Gasteiger charge is -2.56. The summed E-state index contributed by atoms with van der Waals surface area (Å²) in [5, 5.41) is 47.6. The molecular weight excluding hydrogens is 561 g/mol. The highest BCUT2D eigenvalue weighted by atomic mass is 19.3. The molecule has 0 aliphatic heterocycles. The second kappa shape index (κ2) is 9.80. The van der Waals surface area contributed by atoms with Gasteiger partial charge in [-0.1, -0.05) is 12.1 Å². The molecule has 3 aliphatic carbocycles. The minimum atomic E-state index is -3.09. The summed E-state index contributed by atoms with van der Waals surface area (Å²) in [6, 6.07) is 2.72. The number of primary amides is 1. The van der Waals surface area contributed by atoms with Crippen molar-refractivity contribution in [1.82, 2.24) is 10.2 Å². The van der Waals surface area contributed by atoms with Gasteiger partial charge in [-0.05, 0) is 44.5 Å². The Morgan fingerprint density at radius 1 is 1.19 bits per heavy atom. The van der Waals surface area contributed by atoms with Crippen molar-refractivity contribution in [3.63, 3.8) is 0 Å². The predicted octanol–water partition coefficient (Wildman–Crippen LogP) is 0.849. The molecule has 9 N–H and O–H groups in total. The van der Waals surface area contributed by atoms with Gasteiger partial charge in [-0.25, -0.2) is 13.2 Å². The van der Waals surface area contributed by atoms with E-state index in [1.165, 1.54) is 37.2 Å². The molecule has 0 aromatic heterocycles. The molecule has 2 unspecified atom stereocenters. The van der Waals surface area contributed by atoms with E-state index in [1.807, 2.05) is 0 Å². The van der Waals surface area contributed by atoms with Gasteiger partial charge in [0.25, 0.3) is 12.3 Å². The van der Waals surface area contributed by atoms with Crippen molar-refractivity contribution in [2.45, 2.75) is 43.0 Å². The van der Waals surface area contributed by atoms with Crippen LogP contribution in [0.2, 0.25) is 0 Å². The quantitative estimate of drug-likeness (QED) is 0.237. The number of aliphatic hydroxyl groups is 3. The van der Waals surface area contributed by atoms with Gasteiger partial charge in [-0.15, -0.1) is 0 Å². The Balaban J connectivity index is 1.70. The third kappa shape index (κ3) is 3.86. The average Bonchev–Trinajstić information content (AvgIpc) is 2.88. The number of nitrogens with one attached hydrogen (secondary N) is 1. The maximum Gasteiger partial charge on any atom is 0.255 e. The monoisotopic (exact) mass is 590 g/mol. The molecule has 14 heteroatoms. The maximum atomic E-state index is 15.9. The first-order valence-corrected chi connectivity index (χ1v) is 13.0. The summed E-state index contributed by atoms with van der Waals surface area (Å²) in [6.45, 7) is -0.636. The molecule has 1 amide bonds. The number of alkyl halides is 2. The van der Waals surface area contributed by atoms with Gasteiger partial charge in [0.05, 0.1) is 23.7 Å². The zero-order valence-electron chi connectivity index (χ0n) is 22.5. The molecule has 2 aromatic rings. The van der Waals surface area contributed by atoms with E-state index in [2.05, 4.69) is 5.32 Å². The molecule has 0 saturated carbocycles. The number of rotatable bonds is 6. The van der Waals surface area contributed by atoms with Gasteiger partial charge < -0.3 is 37.2 Å². The maximum absolute atomic E-state index is 15.9. The van der Waals surface area contributed by atoms with Crippen molar-refractivity contribution in [2.24, 2.45) is 17.4 Å². The summed E-state index contributed by atoms with van der Waals surface area (Å²) in [5.41, 5.74) is 4.85. The fourth-order valence-electron chi connectivity index (χ4n) is 6.76. The number of Topliss-reactive ketones (excluding diaryl/α,β-unsaturated/α-hetero) is 2. The van der Waals surface area contributed by atoms with Gasteiger partial charge in [-0.3, -0.25) is 19.3 Å². The molecule has 11 nitrogen and oxygen atoms in total. The zero-order chi connectivity index (χ0) is 31.0. The van der Waals surface area contributed by atoms with Crippen molar-refractivity contribution >= 4 is 28.2 Å². The number of benzene rings is 2. The van der Waals surface area contributed by atoms with Crippen LogP contribution in [0.1, 0.15) is 27.9 Å². The smallest absolute Gasteiger partial charge is 0.255 e. The number of aliphatic hydroxyl groups excluding tert-OH is 2. The number of allylic oxidation sites excluding steroid dienone is 1. The lowest BCUT2D eigenvalue weighted by molar-refractivity contribution is -0.152. The molecule has 0 fully saturated rings. The van der Waals surface area contributed by atoms with Gasteiger partial charge in [-0.2, -0.15) is 0 Å². The van der Waals surface area contributed by atoms with Crippen LogP contribution < -0.4 is 16.8 Å². The number of ketones is 2. The fourth-order valence-corrected chi connectivity index (χ4v) is 6.76. The number of nitrogens with two attached hydrogens (primary N) is 2. The molecule has 2 aromatic carbocycles. The van der Waals surface area contributed by atoms with Crippen LogP contribution >= 0.6 is 0 Å². The molecule has 224 valence electrons. The van der Waals surface area contributed by atoms with Gasteiger partial charge in [0.2, 0.25) is 11.4 Å². The van der Waals surface area contributed by atoms with Crippen molar-refractivity contribution < 1.29 is 48.0 Å². The molecule has 0 bridgehead atoms. The summed E-state index contributed by atoms with van der Waals surface area (Å²) in [4.78, 5) is 40.8. The van der Waals surface area contributed by atoms with Crippen molar-refractivity contribution in [3.05, 3.63) is 63.4 Å². The molecule has 0 spiro atoms. The molecule has 0 saturated heterocycles. The molecule has 0 radical (unpaired) electrons. The van der Waals surface area contributed by atoms with Crippen molar-refractivity contribution in [1.29, 1.82) is 0 Å². The fraction of sp³-hybridized carbons (Fsp3) is 0.393. The third-order valence-electron chi connectivity index (χ3n) is 8.51. The van der Waals surface area contributed by atoms with Crippen LogP contribution in [0.3, 0.4) is 0 Å². The highest BCUT2D eigenvalue weighted by molar-refractivity contribution is 6.25. The Kier molecular flexibility index (Phi) is 6.88. The number of hydrogen-bond donors (Lipinski definition) is 7. The molecule has 0 heterocycles. The van der Waals surface area contributed by atoms with E-state index < -0.39 is 99.8 Å². The standard InChI is InChI=1S/C28H29F3N4O7/c1-35(2)23-22(38)18(26(32)41)25(40)28(42)24(39)16-11(7-27(23,28)33)6-14-17(21(16)37)20(36)13-5-10(8-34-9-15(29)30)3-4-12(13)19(14)31/h3-5,11,15,23,34,36,38-39,42H,6-9,33H2,1-2H3,(H2,32,41)/t11?,23-,27?,28+/m1/s1. The minimum Gasteiger partial charge on any atom is -0.510 e. The Hall–Kier alpha value is -3.98. The van der Waals surface area contributed by atoms with Crippen LogP contribution in [0, 0.1) is 11.7 Å². The second-order valence-electron chi connectivity index (χ2n) is 11.2. The minimum absolute atomic E-state index is 0.0380. The number of likely N-dealkylation sites (N-methyl/N-ethyl adjacent to an activating group) is 1. The number of fused-ring (bicyclic) bond motifs is 4. The Labute approximate surface area is 236 Å². The summed E-state index contributed by atoms with van der Waals surface area (Å²) in [7, 11) is 2.87. The van der Waals surface area contributed by atoms with Gasteiger partial charge in [0, 0.05) is 28.5 Å². The van der Waals surface area contributed by atoms with Crippen LogP contribution in [0.5, 0.6) is 5.75 Å². The van der Waals surface area contributed by atoms with Crippen LogP contribution in [-0.2, 0) is 22.6 Å². The number of nitrogens with zero attached hydrogens (tertiary/aromatic N) is 1. The van der Waals surface area contributed by atoms with E-state index in [0.717, 1.165) is 0 Å². The number of amides is 1. The lowest BCUT2D eigenvalue weighted by Crippen LogP contribution is -2.79. The second-order valence-corrected chi connectivity index (χ2v) is 11.2. The third-order valence-corrected chi connectivity index (χ3v) is 8.51. The number of aromatic hydroxyl groups is 1. The molecule has 4 atom stereocenters. The SMILES string of the molecule is CN(C)[C@@H]1C(O)=C(C(N)=O)C(=O)[C@@]2(O)C(O)=C3C(=O)c4c(c(F)c5ccc(CNCC(F)F)cc5c4O)CC3CC12N. The first kappa shape index (κ1) is 29.5. The van der Waals surface area contributed by atoms with Crippen LogP contribution in [0.25, 0.3) is 10.8 Å². The van der Waals surface area contributed by atoms with Crippen molar-refractivity contribution in [3.8, 4) is 5.75 Å². The first-order valence-electron chi connectivity index (χ1n) is 13.0. The summed E-state index contributed by atoms with van der Waals surface area (Å²) in [6.07, 6.45) is -3.31. The topological polar surface area (TPSA) is 199 Å². The van der Waals surface area contributed by atoms with Crippen LogP contribution in [0.4, 0.5) is 13.2 Å². The number of phenolic OH excluding ortho intramolecular Hbond substituents is 1. The van der Waals surface area contributed by atoms with E-state index in [1.54, 1.807) is 0 Å². The molecule has 3 aliphatic rings. The number of halogens is 3. The van der Waals surface area contributed by atoms with Crippen LogP contribution in [0.15, 0.2) is 40.9 Å². The first-order chi connectivity index (χ1) is 19.6. The lowest BCUT2D eigenvalue weighted by atomic mass is 9.54. The zero-order valence-corrected chi connectivity index (χ0v) is 22.5. The Bertz CT molecular complexity index is 1640. The normalized spacial score (nSPS) is 27.5. The number of carbonyl (C=O) groups excluding carboxylic acids is 3.